The predicted octanol–water partition coefficient (Wildman–Crippen LogP) is 2.26. The van der Waals surface area contributed by atoms with E-state index < -0.39 is 0 Å². The lowest BCUT2D eigenvalue weighted by Gasteiger charge is -2.13. The molecular formula is C14H18N2O. The van der Waals surface area contributed by atoms with Crippen LogP contribution in [-0.4, -0.2) is 13.2 Å². The molecule has 0 radical (unpaired) electrons. The molecule has 1 aromatic rings. The highest BCUT2D eigenvalue weighted by Gasteiger charge is 2.43. The van der Waals surface area contributed by atoms with Gasteiger partial charge in [0.1, 0.15) is 5.75 Å². The zero-order chi connectivity index (χ0) is 12.1. The predicted molar refractivity (Wildman–Crippen MR) is 66.6 cm³/mol. The van der Waals surface area contributed by atoms with E-state index in [-0.39, 0.29) is 5.41 Å². The molecule has 1 fully saturated rings. The fourth-order valence-corrected chi connectivity index (χ4v) is 1.87. The zero-order valence-corrected chi connectivity index (χ0v) is 9.98. The van der Waals surface area contributed by atoms with Crippen molar-refractivity contribution in [3.8, 4) is 11.8 Å². The van der Waals surface area contributed by atoms with Gasteiger partial charge < -0.3 is 10.5 Å². The van der Waals surface area contributed by atoms with Gasteiger partial charge in [-0.3, -0.25) is 0 Å². The topological polar surface area (TPSA) is 59.0 Å². The normalized spacial score (nSPS) is 16.2. The maximum absolute atomic E-state index is 8.72. The molecule has 2 N–H and O–H groups in total. The minimum absolute atomic E-state index is 0.144. The molecule has 0 unspecified atom stereocenters. The van der Waals surface area contributed by atoms with E-state index in [2.05, 4.69) is 6.07 Å². The Labute approximate surface area is 102 Å². The summed E-state index contributed by atoms with van der Waals surface area (Å²) in [5.74, 6) is 0.884. The molecule has 0 bridgehead atoms. The van der Waals surface area contributed by atoms with Gasteiger partial charge >= 0.3 is 0 Å². The monoisotopic (exact) mass is 230 g/mol. The number of nitrogens with two attached hydrogens (primary N) is 1. The molecule has 3 heteroatoms. The van der Waals surface area contributed by atoms with Crippen LogP contribution in [0.15, 0.2) is 24.3 Å². The van der Waals surface area contributed by atoms with E-state index in [9.17, 15) is 0 Å². The number of hydrogen-bond acceptors (Lipinski definition) is 3. The number of benzene rings is 1. The van der Waals surface area contributed by atoms with Crippen LogP contribution in [0.2, 0.25) is 0 Å². The first-order valence-electron chi connectivity index (χ1n) is 6.07. The number of rotatable bonds is 6. The van der Waals surface area contributed by atoms with Gasteiger partial charge in [-0.15, -0.1) is 0 Å². The summed E-state index contributed by atoms with van der Waals surface area (Å²) < 4.78 is 5.74. The largest absolute Gasteiger partial charge is 0.493 e. The third-order valence-electron chi connectivity index (χ3n) is 3.31. The lowest BCUT2D eigenvalue weighted by molar-refractivity contribution is 0.237. The highest BCUT2D eigenvalue weighted by molar-refractivity contribution is 5.27. The van der Waals surface area contributed by atoms with Crippen molar-refractivity contribution in [1.29, 1.82) is 5.26 Å². The SMILES string of the molecule is N#CCC1(COc2ccc(CCN)cc2)CC1. The van der Waals surface area contributed by atoms with Gasteiger partial charge in [-0.1, -0.05) is 12.1 Å². The van der Waals surface area contributed by atoms with Crippen molar-refractivity contribution in [1.82, 2.24) is 0 Å². The van der Waals surface area contributed by atoms with Crippen molar-refractivity contribution < 1.29 is 4.74 Å². The maximum Gasteiger partial charge on any atom is 0.119 e. The van der Waals surface area contributed by atoms with Crippen molar-refractivity contribution in [2.75, 3.05) is 13.2 Å². The summed E-state index contributed by atoms with van der Waals surface area (Å²) >= 11 is 0. The molecule has 17 heavy (non-hydrogen) atoms. The summed E-state index contributed by atoms with van der Waals surface area (Å²) in [5, 5.41) is 8.72. The number of nitriles is 1. The van der Waals surface area contributed by atoms with Gasteiger partial charge in [-0.2, -0.15) is 5.26 Å². The van der Waals surface area contributed by atoms with E-state index in [1.165, 1.54) is 5.56 Å². The second-order valence-electron chi connectivity index (χ2n) is 4.81. The van der Waals surface area contributed by atoms with Crippen LogP contribution in [0.3, 0.4) is 0 Å². The highest BCUT2D eigenvalue weighted by atomic mass is 16.5. The van der Waals surface area contributed by atoms with Gasteiger partial charge in [0.05, 0.1) is 12.7 Å². The van der Waals surface area contributed by atoms with Crippen LogP contribution in [0, 0.1) is 16.7 Å². The van der Waals surface area contributed by atoms with Crippen molar-refractivity contribution >= 4 is 0 Å². The van der Waals surface area contributed by atoms with E-state index in [0.29, 0.717) is 19.6 Å². The third kappa shape index (κ3) is 3.21. The molecular weight excluding hydrogens is 212 g/mol. The van der Waals surface area contributed by atoms with Crippen LogP contribution >= 0.6 is 0 Å². The van der Waals surface area contributed by atoms with Crippen molar-refractivity contribution in [3.05, 3.63) is 29.8 Å². The molecule has 0 amide bonds. The van der Waals surface area contributed by atoms with Gasteiger partial charge in [-0.25, -0.2) is 0 Å². The van der Waals surface area contributed by atoms with E-state index in [1.807, 2.05) is 24.3 Å². The minimum Gasteiger partial charge on any atom is -0.493 e. The van der Waals surface area contributed by atoms with Gasteiger partial charge in [0.2, 0.25) is 0 Å². The molecule has 2 rings (SSSR count). The molecule has 0 saturated heterocycles. The Morgan fingerprint density at radius 2 is 2.00 bits per heavy atom. The molecule has 0 heterocycles. The minimum atomic E-state index is 0.144. The van der Waals surface area contributed by atoms with Crippen LogP contribution in [0.1, 0.15) is 24.8 Å². The first-order valence-corrected chi connectivity index (χ1v) is 6.07. The van der Waals surface area contributed by atoms with Gasteiger partial charge in [0, 0.05) is 11.8 Å². The molecule has 0 atom stereocenters. The molecule has 1 aliphatic rings. The first-order chi connectivity index (χ1) is 8.28. The Hall–Kier alpha value is -1.53. The Morgan fingerprint density at radius 1 is 1.29 bits per heavy atom. The number of ether oxygens (including phenoxy) is 1. The molecule has 3 nitrogen and oxygen atoms in total. The standard InChI is InChI=1S/C14H18N2O/c15-9-5-12-1-3-13(4-2-12)17-11-14(6-7-14)8-10-16/h1-4H,5-9,11,15H2. The average Bonchev–Trinajstić information content (AvgIpc) is 3.10. The maximum atomic E-state index is 8.72. The summed E-state index contributed by atoms with van der Waals surface area (Å²) in [6, 6.07) is 10.3. The third-order valence-corrected chi connectivity index (χ3v) is 3.31. The summed E-state index contributed by atoms with van der Waals surface area (Å²) in [5.41, 5.74) is 6.87. The molecule has 90 valence electrons. The Kier molecular flexibility index (Phi) is 3.65. The van der Waals surface area contributed by atoms with Gasteiger partial charge in [-0.05, 0) is 43.5 Å². The fraction of sp³-hybridized carbons (Fsp3) is 0.500. The molecule has 1 aliphatic carbocycles. The Morgan fingerprint density at radius 3 is 2.53 bits per heavy atom. The molecule has 1 saturated carbocycles. The Balaban J connectivity index is 1.85. The van der Waals surface area contributed by atoms with Gasteiger partial charge in [0.25, 0.3) is 0 Å². The second kappa shape index (κ2) is 5.20. The van der Waals surface area contributed by atoms with Crippen LogP contribution in [-0.2, 0) is 6.42 Å². The molecule has 0 aliphatic heterocycles. The van der Waals surface area contributed by atoms with Crippen LogP contribution in [0.25, 0.3) is 0 Å². The Bertz CT molecular complexity index is 401. The number of nitrogens with zero attached hydrogens (tertiary/aromatic N) is 1. The van der Waals surface area contributed by atoms with E-state index in [0.717, 1.165) is 25.0 Å². The highest BCUT2D eigenvalue weighted by Crippen LogP contribution is 2.48. The van der Waals surface area contributed by atoms with Crippen molar-refractivity contribution in [2.45, 2.75) is 25.7 Å². The fourth-order valence-electron chi connectivity index (χ4n) is 1.87. The van der Waals surface area contributed by atoms with Gasteiger partial charge in [0.15, 0.2) is 0 Å². The van der Waals surface area contributed by atoms with E-state index in [1.54, 1.807) is 0 Å². The van der Waals surface area contributed by atoms with E-state index >= 15 is 0 Å². The summed E-state index contributed by atoms with van der Waals surface area (Å²) in [6.45, 7) is 1.34. The van der Waals surface area contributed by atoms with Crippen LogP contribution < -0.4 is 10.5 Å². The molecule has 1 aromatic carbocycles. The van der Waals surface area contributed by atoms with Crippen molar-refractivity contribution in [3.63, 3.8) is 0 Å². The lowest BCUT2D eigenvalue weighted by Crippen LogP contribution is -2.12. The molecule has 0 spiro atoms. The number of hydrogen-bond donors (Lipinski definition) is 1. The van der Waals surface area contributed by atoms with E-state index in [4.69, 9.17) is 15.7 Å². The zero-order valence-electron chi connectivity index (χ0n) is 9.98. The van der Waals surface area contributed by atoms with Crippen LogP contribution in [0.4, 0.5) is 0 Å². The quantitative estimate of drug-likeness (QED) is 0.815. The van der Waals surface area contributed by atoms with Crippen LogP contribution in [0.5, 0.6) is 5.75 Å². The first kappa shape index (κ1) is 11.9. The summed E-state index contributed by atoms with van der Waals surface area (Å²) in [7, 11) is 0. The average molecular weight is 230 g/mol. The smallest absolute Gasteiger partial charge is 0.119 e. The molecule has 0 aromatic heterocycles. The summed E-state index contributed by atoms with van der Waals surface area (Å²) in [4.78, 5) is 0. The second-order valence-corrected chi connectivity index (χ2v) is 4.81. The van der Waals surface area contributed by atoms with Crippen molar-refractivity contribution in [2.24, 2.45) is 11.1 Å². The lowest BCUT2D eigenvalue weighted by atomic mass is 10.1. The summed E-state index contributed by atoms with van der Waals surface area (Å²) in [6.07, 6.45) is 3.74.